The van der Waals surface area contributed by atoms with Crippen molar-refractivity contribution in [2.75, 3.05) is 19.8 Å². The Labute approximate surface area is 114 Å². The zero-order valence-electron chi connectivity index (χ0n) is 10.1. The highest BCUT2D eigenvalue weighted by molar-refractivity contribution is 6.30. The van der Waals surface area contributed by atoms with Gasteiger partial charge in [0.25, 0.3) is 5.69 Å². The molecule has 0 atom stereocenters. The first-order chi connectivity index (χ1) is 9.00. The van der Waals surface area contributed by atoms with Crippen LogP contribution in [0, 0.1) is 10.1 Å². The van der Waals surface area contributed by atoms with Gasteiger partial charge in [-0.25, -0.2) is 0 Å². The van der Waals surface area contributed by atoms with Crippen LogP contribution in [0.15, 0.2) is 18.2 Å². The third-order valence-electron chi connectivity index (χ3n) is 2.22. The van der Waals surface area contributed by atoms with Crippen molar-refractivity contribution in [3.8, 4) is 0 Å². The van der Waals surface area contributed by atoms with E-state index in [9.17, 15) is 14.9 Å². The van der Waals surface area contributed by atoms with E-state index in [0.29, 0.717) is 17.1 Å². The number of primary amides is 1. The Morgan fingerprint density at radius 2 is 2.26 bits per heavy atom. The molecule has 0 saturated heterocycles. The third kappa shape index (κ3) is 5.64. The van der Waals surface area contributed by atoms with Crippen LogP contribution < -0.4 is 11.1 Å². The summed E-state index contributed by atoms with van der Waals surface area (Å²) in [6.45, 7) is 0.879. The van der Waals surface area contributed by atoms with E-state index in [4.69, 9.17) is 22.1 Å². The van der Waals surface area contributed by atoms with E-state index < -0.39 is 10.8 Å². The molecule has 1 aromatic rings. The Morgan fingerprint density at radius 1 is 1.53 bits per heavy atom. The van der Waals surface area contributed by atoms with Crippen molar-refractivity contribution in [1.82, 2.24) is 5.32 Å². The number of nitro groups is 1. The zero-order valence-corrected chi connectivity index (χ0v) is 10.9. The number of hydrogen-bond donors (Lipinski definition) is 2. The number of benzene rings is 1. The summed E-state index contributed by atoms with van der Waals surface area (Å²) < 4.78 is 4.94. The second-order valence-electron chi connectivity index (χ2n) is 3.73. The van der Waals surface area contributed by atoms with Gasteiger partial charge in [0, 0.05) is 29.7 Å². The van der Waals surface area contributed by atoms with Gasteiger partial charge in [0.1, 0.15) is 6.61 Å². The smallest absolute Gasteiger partial charge is 0.273 e. The van der Waals surface area contributed by atoms with Crippen molar-refractivity contribution in [3.05, 3.63) is 38.9 Å². The number of carbonyl (C=O) groups is 1. The maximum Gasteiger partial charge on any atom is 0.273 e. The standard InChI is InChI=1S/C11H14ClN3O4/c12-9-1-2-10(15(17)18)8(5-9)6-14-3-4-19-7-11(13)16/h1-2,5,14H,3-4,6-7H2,(H2,13,16). The SMILES string of the molecule is NC(=O)COCCNCc1cc(Cl)ccc1[N+](=O)[O-]. The molecule has 104 valence electrons. The highest BCUT2D eigenvalue weighted by Crippen LogP contribution is 2.22. The number of nitrogens with one attached hydrogen (secondary N) is 1. The van der Waals surface area contributed by atoms with Crippen LogP contribution in [-0.4, -0.2) is 30.6 Å². The van der Waals surface area contributed by atoms with Gasteiger partial charge in [-0.15, -0.1) is 0 Å². The lowest BCUT2D eigenvalue weighted by atomic mass is 10.2. The summed E-state index contributed by atoms with van der Waals surface area (Å²) in [4.78, 5) is 20.7. The third-order valence-corrected chi connectivity index (χ3v) is 2.46. The van der Waals surface area contributed by atoms with Gasteiger partial charge in [-0.2, -0.15) is 0 Å². The van der Waals surface area contributed by atoms with Gasteiger partial charge in [0.05, 0.1) is 11.5 Å². The van der Waals surface area contributed by atoms with Crippen LogP contribution >= 0.6 is 11.6 Å². The van der Waals surface area contributed by atoms with E-state index in [1.165, 1.54) is 18.2 Å². The van der Waals surface area contributed by atoms with E-state index in [1.54, 1.807) is 0 Å². The first-order valence-electron chi connectivity index (χ1n) is 5.50. The lowest BCUT2D eigenvalue weighted by Gasteiger charge is -2.06. The molecule has 3 N–H and O–H groups in total. The van der Waals surface area contributed by atoms with Gasteiger partial charge in [0.15, 0.2) is 0 Å². The minimum absolute atomic E-state index is 0.00922. The van der Waals surface area contributed by atoms with Crippen LogP contribution in [0.2, 0.25) is 5.02 Å². The van der Waals surface area contributed by atoms with E-state index >= 15 is 0 Å². The monoisotopic (exact) mass is 287 g/mol. The summed E-state index contributed by atoms with van der Waals surface area (Å²) in [5.74, 6) is -0.537. The molecule has 0 unspecified atom stereocenters. The Bertz CT molecular complexity index is 467. The second kappa shape index (κ2) is 7.67. The predicted molar refractivity (Wildman–Crippen MR) is 69.8 cm³/mol. The van der Waals surface area contributed by atoms with Gasteiger partial charge in [-0.05, 0) is 12.1 Å². The molecule has 1 aromatic carbocycles. The Kier molecular flexibility index (Phi) is 6.20. The average molecular weight is 288 g/mol. The van der Waals surface area contributed by atoms with Crippen molar-refractivity contribution in [2.45, 2.75) is 6.54 Å². The maximum atomic E-state index is 10.8. The van der Waals surface area contributed by atoms with Crippen LogP contribution in [0.3, 0.4) is 0 Å². The number of amides is 1. The molecule has 0 aliphatic rings. The van der Waals surface area contributed by atoms with Crippen molar-refractivity contribution in [3.63, 3.8) is 0 Å². The molecule has 8 heteroatoms. The Morgan fingerprint density at radius 3 is 2.89 bits per heavy atom. The van der Waals surface area contributed by atoms with Gasteiger partial charge < -0.3 is 15.8 Å². The van der Waals surface area contributed by atoms with Crippen molar-refractivity contribution >= 4 is 23.2 Å². The van der Waals surface area contributed by atoms with Crippen LogP contribution in [0.1, 0.15) is 5.56 Å². The van der Waals surface area contributed by atoms with Gasteiger partial charge in [-0.3, -0.25) is 14.9 Å². The zero-order chi connectivity index (χ0) is 14.3. The maximum absolute atomic E-state index is 10.8. The van der Waals surface area contributed by atoms with Crippen molar-refractivity contribution in [2.24, 2.45) is 5.73 Å². The fourth-order valence-corrected chi connectivity index (χ4v) is 1.61. The number of nitrogens with zero attached hydrogens (tertiary/aromatic N) is 1. The molecule has 0 bridgehead atoms. The number of rotatable bonds is 8. The van der Waals surface area contributed by atoms with Crippen LogP contribution in [-0.2, 0) is 16.1 Å². The number of hydrogen-bond acceptors (Lipinski definition) is 5. The summed E-state index contributed by atoms with van der Waals surface area (Å²) in [6.07, 6.45) is 0. The summed E-state index contributed by atoms with van der Waals surface area (Å²) in [7, 11) is 0. The lowest BCUT2D eigenvalue weighted by Crippen LogP contribution is -2.24. The van der Waals surface area contributed by atoms with Crippen LogP contribution in [0.5, 0.6) is 0 Å². The molecule has 0 fully saturated rings. The van der Waals surface area contributed by atoms with Crippen LogP contribution in [0.4, 0.5) is 5.69 Å². The summed E-state index contributed by atoms with van der Waals surface area (Å²) in [6, 6.07) is 4.37. The van der Waals surface area contributed by atoms with Gasteiger partial charge in [-0.1, -0.05) is 11.6 Å². The fourth-order valence-electron chi connectivity index (χ4n) is 1.41. The summed E-state index contributed by atoms with van der Waals surface area (Å²) in [5.41, 5.74) is 5.40. The highest BCUT2D eigenvalue weighted by atomic mass is 35.5. The Hall–Kier alpha value is -1.70. The molecule has 19 heavy (non-hydrogen) atoms. The summed E-state index contributed by atoms with van der Waals surface area (Å²) >= 11 is 5.79. The van der Waals surface area contributed by atoms with Crippen molar-refractivity contribution in [1.29, 1.82) is 0 Å². The lowest BCUT2D eigenvalue weighted by molar-refractivity contribution is -0.385. The molecule has 0 aliphatic heterocycles. The largest absolute Gasteiger partial charge is 0.370 e. The van der Waals surface area contributed by atoms with Gasteiger partial charge >= 0.3 is 0 Å². The second-order valence-corrected chi connectivity index (χ2v) is 4.16. The molecule has 0 spiro atoms. The minimum atomic E-state index is -0.537. The molecule has 1 rings (SSSR count). The average Bonchev–Trinajstić information content (AvgIpc) is 2.33. The number of nitrogens with two attached hydrogens (primary N) is 1. The number of carbonyl (C=O) groups excluding carboxylic acids is 1. The first-order valence-corrected chi connectivity index (χ1v) is 5.88. The molecule has 0 radical (unpaired) electrons. The minimum Gasteiger partial charge on any atom is -0.370 e. The fraction of sp³-hybridized carbons (Fsp3) is 0.364. The highest BCUT2D eigenvalue weighted by Gasteiger charge is 2.13. The van der Waals surface area contributed by atoms with E-state index in [-0.39, 0.29) is 25.4 Å². The molecule has 0 aliphatic carbocycles. The number of nitro benzene ring substituents is 1. The van der Waals surface area contributed by atoms with Crippen molar-refractivity contribution < 1.29 is 14.5 Å². The molecular formula is C11H14ClN3O4. The molecular weight excluding hydrogens is 274 g/mol. The number of ether oxygens (including phenoxy) is 1. The van der Waals surface area contributed by atoms with E-state index in [2.05, 4.69) is 5.32 Å². The topological polar surface area (TPSA) is 107 Å². The number of halogens is 1. The quantitative estimate of drug-likeness (QED) is 0.418. The molecule has 0 aromatic heterocycles. The molecule has 0 saturated carbocycles. The molecule has 0 heterocycles. The van der Waals surface area contributed by atoms with E-state index in [0.717, 1.165) is 0 Å². The van der Waals surface area contributed by atoms with Crippen LogP contribution in [0.25, 0.3) is 0 Å². The van der Waals surface area contributed by atoms with E-state index in [1.807, 2.05) is 0 Å². The molecule has 7 nitrogen and oxygen atoms in total. The summed E-state index contributed by atoms with van der Waals surface area (Å²) in [5, 5.41) is 14.2. The molecule has 1 amide bonds. The van der Waals surface area contributed by atoms with Gasteiger partial charge in [0.2, 0.25) is 5.91 Å². The first kappa shape index (κ1) is 15.4. The predicted octanol–water partition coefficient (Wildman–Crippen LogP) is 0.840. The normalized spacial score (nSPS) is 10.4. The Balaban J connectivity index is 2.42.